The third kappa shape index (κ3) is 1.89. The second kappa shape index (κ2) is 4.77. The first-order valence-corrected chi connectivity index (χ1v) is 7.03. The van der Waals surface area contributed by atoms with Gasteiger partial charge in [-0.2, -0.15) is 0 Å². The second-order valence-corrected chi connectivity index (χ2v) is 5.24. The molecule has 1 aromatic heterocycles. The van der Waals surface area contributed by atoms with E-state index >= 15 is 0 Å². The molecule has 0 radical (unpaired) electrons. The number of ether oxygens (including phenoxy) is 1. The standard InChI is InChI=1S/C18H13NO3/c20-18(21)17-12(14-5-3-9-19-14)7-8-16-13(17)10-11-4-1-2-6-15(11)22-16/h1-9,19H,10H2,(H,20,21). The molecule has 0 unspecified atom stereocenters. The summed E-state index contributed by atoms with van der Waals surface area (Å²) < 4.78 is 5.87. The lowest BCUT2D eigenvalue weighted by Crippen LogP contribution is -2.11. The van der Waals surface area contributed by atoms with Crippen molar-refractivity contribution < 1.29 is 14.6 Å². The summed E-state index contributed by atoms with van der Waals surface area (Å²) in [4.78, 5) is 14.9. The second-order valence-electron chi connectivity index (χ2n) is 5.24. The normalized spacial score (nSPS) is 12.2. The number of aromatic nitrogens is 1. The fourth-order valence-electron chi connectivity index (χ4n) is 2.92. The van der Waals surface area contributed by atoms with Crippen LogP contribution in [-0.2, 0) is 6.42 Å². The van der Waals surface area contributed by atoms with Gasteiger partial charge in [-0.05, 0) is 35.9 Å². The van der Waals surface area contributed by atoms with Crippen molar-refractivity contribution in [2.45, 2.75) is 6.42 Å². The lowest BCUT2D eigenvalue weighted by molar-refractivity contribution is 0.0696. The van der Waals surface area contributed by atoms with Crippen molar-refractivity contribution >= 4 is 5.97 Å². The molecule has 0 saturated heterocycles. The van der Waals surface area contributed by atoms with Crippen LogP contribution in [0.25, 0.3) is 11.3 Å². The van der Waals surface area contributed by atoms with Gasteiger partial charge in [0, 0.05) is 29.4 Å². The zero-order valence-corrected chi connectivity index (χ0v) is 11.7. The van der Waals surface area contributed by atoms with E-state index in [9.17, 15) is 9.90 Å². The Kier molecular flexibility index (Phi) is 2.76. The molecule has 22 heavy (non-hydrogen) atoms. The molecule has 0 bridgehead atoms. The first-order valence-electron chi connectivity index (χ1n) is 7.03. The molecule has 3 aromatic rings. The monoisotopic (exact) mass is 291 g/mol. The third-order valence-corrected chi connectivity index (χ3v) is 3.93. The smallest absolute Gasteiger partial charge is 0.336 e. The number of para-hydroxylation sites is 1. The van der Waals surface area contributed by atoms with E-state index in [-0.39, 0.29) is 0 Å². The van der Waals surface area contributed by atoms with Crippen LogP contribution in [0.4, 0.5) is 0 Å². The maximum Gasteiger partial charge on any atom is 0.336 e. The van der Waals surface area contributed by atoms with Gasteiger partial charge in [0.2, 0.25) is 0 Å². The molecule has 4 nitrogen and oxygen atoms in total. The molecule has 0 amide bonds. The van der Waals surface area contributed by atoms with Gasteiger partial charge in [0.1, 0.15) is 11.5 Å². The van der Waals surface area contributed by atoms with E-state index in [2.05, 4.69) is 4.98 Å². The zero-order valence-electron chi connectivity index (χ0n) is 11.7. The van der Waals surface area contributed by atoms with Crippen LogP contribution >= 0.6 is 0 Å². The summed E-state index contributed by atoms with van der Waals surface area (Å²) in [6.45, 7) is 0. The highest BCUT2D eigenvalue weighted by Gasteiger charge is 2.25. The summed E-state index contributed by atoms with van der Waals surface area (Å²) in [5.74, 6) is 0.467. The van der Waals surface area contributed by atoms with Gasteiger partial charge in [0.05, 0.1) is 5.56 Å². The Balaban J connectivity index is 1.93. The number of nitrogens with one attached hydrogen (secondary N) is 1. The van der Waals surface area contributed by atoms with Gasteiger partial charge in [0.15, 0.2) is 0 Å². The summed E-state index contributed by atoms with van der Waals surface area (Å²) >= 11 is 0. The zero-order chi connectivity index (χ0) is 15.1. The molecule has 0 spiro atoms. The van der Waals surface area contributed by atoms with Crippen molar-refractivity contribution in [1.82, 2.24) is 4.98 Å². The molecule has 2 N–H and O–H groups in total. The molecule has 4 heteroatoms. The molecular weight excluding hydrogens is 278 g/mol. The van der Waals surface area contributed by atoms with Crippen molar-refractivity contribution in [2.75, 3.05) is 0 Å². The van der Waals surface area contributed by atoms with E-state index in [1.807, 2.05) is 42.5 Å². The topological polar surface area (TPSA) is 62.3 Å². The lowest BCUT2D eigenvalue weighted by Gasteiger charge is -2.22. The average molecular weight is 291 g/mol. The van der Waals surface area contributed by atoms with Crippen LogP contribution in [0.5, 0.6) is 11.5 Å². The number of carboxylic acids is 1. The van der Waals surface area contributed by atoms with Crippen LogP contribution in [0, 0.1) is 0 Å². The number of rotatable bonds is 2. The molecule has 4 rings (SSSR count). The van der Waals surface area contributed by atoms with Crippen LogP contribution in [0.3, 0.4) is 0 Å². The molecule has 2 aromatic carbocycles. The number of carboxylic acid groups (broad SMARTS) is 1. The first-order chi connectivity index (χ1) is 10.7. The van der Waals surface area contributed by atoms with E-state index in [1.54, 1.807) is 12.3 Å². The highest BCUT2D eigenvalue weighted by molar-refractivity contribution is 5.98. The average Bonchev–Trinajstić information content (AvgIpc) is 3.05. The fourth-order valence-corrected chi connectivity index (χ4v) is 2.92. The van der Waals surface area contributed by atoms with Gasteiger partial charge in [-0.25, -0.2) is 4.79 Å². The van der Waals surface area contributed by atoms with Gasteiger partial charge in [-0.3, -0.25) is 0 Å². The van der Waals surface area contributed by atoms with E-state index in [0.717, 1.165) is 22.6 Å². The van der Waals surface area contributed by atoms with Gasteiger partial charge in [0.25, 0.3) is 0 Å². The van der Waals surface area contributed by atoms with Crippen molar-refractivity contribution in [3.8, 4) is 22.8 Å². The third-order valence-electron chi connectivity index (χ3n) is 3.93. The number of aromatic carboxylic acids is 1. The minimum Gasteiger partial charge on any atom is -0.478 e. The largest absolute Gasteiger partial charge is 0.478 e. The molecular formula is C18H13NO3. The predicted octanol–water partition coefficient (Wildman–Crippen LogP) is 4.08. The van der Waals surface area contributed by atoms with E-state index in [4.69, 9.17) is 4.74 Å². The number of fused-ring (bicyclic) bond motifs is 2. The Bertz CT molecular complexity index is 866. The Morgan fingerprint density at radius 2 is 1.91 bits per heavy atom. The molecule has 108 valence electrons. The summed E-state index contributed by atoms with van der Waals surface area (Å²) in [5.41, 5.74) is 3.49. The van der Waals surface area contributed by atoms with Gasteiger partial charge in [-0.15, -0.1) is 0 Å². The molecule has 0 atom stereocenters. The van der Waals surface area contributed by atoms with Crippen molar-refractivity contribution in [3.05, 3.63) is 71.4 Å². The van der Waals surface area contributed by atoms with Crippen molar-refractivity contribution in [1.29, 1.82) is 0 Å². The molecule has 0 fully saturated rings. The molecule has 2 heterocycles. The first kappa shape index (κ1) is 12.7. The number of carbonyl (C=O) groups is 1. The molecule has 1 aliphatic rings. The fraction of sp³-hybridized carbons (Fsp3) is 0.0556. The van der Waals surface area contributed by atoms with Gasteiger partial charge in [-0.1, -0.05) is 18.2 Å². The van der Waals surface area contributed by atoms with Crippen LogP contribution < -0.4 is 4.74 Å². The summed E-state index contributed by atoms with van der Waals surface area (Å²) in [6, 6.07) is 15.1. The number of benzene rings is 2. The number of hydrogen-bond donors (Lipinski definition) is 2. The summed E-state index contributed by atoms with van der Waals surface area (Å²) in [6.07, 6.45) is 2.34. The molecule has 1 aliphatic heterocycles. The van der Waals surface area contributed by atoms with E-state index in [1.165, 1.54) is 0 Å². The number of aromatic amines is 1. The maximum absolute atomic E-state index is 11.8. The van der Waals surface area contributed by atoms with Crippen molar-refractivity contribution in [3.63, 3.8) is 0 Å². The van der Waals surface area contributed by atoms with Crippen LogP contribution in [0.15, 0.2) is 54.7 Å². The Hall–Kier alpha value is -3.01. The quantitative estimate of drug-likeness (QED) is 0.585. The predicted molar refractivity (Wildman–Crippen MR) is 82.5 cm³/mol. The minimum atomic E-state index is -0.940. The highest BCUT2D eigenvalue weighted by atomic mass is 16.5. The van der Waals surface area contributed by atoms with E-state index in [0.29, 0.717) is 23.3 Å². The van der Waals surface area contributed by atoms with Gasteiger partial charge >= 0.3 is 5.97 Å². The van der Waals surface area contributed by atoms with Crippen LogP contribution in [0.1, 0.15) is 21.5 Å². The number of hydrogen-bond acceptors (Lipinski definition) is 2. The summed E-state index contributed by atoms with van der Waals surface area (Å²) in [7, 11) is 0. The maximum atomic E-state index is 11.8. The van der Waals surface area contributed by atoms with Crippen LogP contribution in [0.2, 0.25) is 0 Å². The van der Waals surface area contributed by atoms with Crippen molar-refractivity contribution in [2.24, 2.45) is 0 Å². The Morgan fingerprint density at radius 1 is 1.05 bits per heavy atom. The van der Waals surface area contributed by atoms with Crippen LogP contribution in [-0.4, -0.2) is 16.1 Å². The molecule has 0 saturated carbocycles. The Labute approximate surface area is 127 Å². The highest BCUT2D eigenvalue weighted by Crippen LogP contribution is 2.40. The Morgan fingerprint density at radius 3 is 2.68 bits per heavy atom. The van der Waals surface area contributed by atoms with E-state index < -0.39 is 5.97 Å². The minimum absolute atomic E-state index is 0.300. The SMILES string of the molecule is O=C(O)c1c(-c2ccc[nH]2)ccc2c1Cc1ccccc1O2. The molecule has 0 aliphatic carbocycles. The summed E-state index contributed by atoms with van der Waals surface area (Å²) in [5, 5.41) is 9.70. The number of H-pyrrole nitrogens is 1. The van der Waals surface area contributed by atoms with Gasteiger partial charge < -0.3 is 14.8 Å². The lowest BCUT2D eigenvalue weighted by atomic mass is 9.91.